The van der Waals surface area contributed by atoms with Crippen LogP contribution in [0.15, 0.2) is 24.3 Å². The van der Waals surface area contributed by atoms with E-state index in [-0.39, 0.29) is 0 Å². The number of aryl methyl sites for hydroxylation is 1. The van der Waals surface area contributed by atoms with Crippen LogP contribution in [-0.2, 0) is 6.54 Å². The Morgan fingerprint density at radius 2 is 1.82 bits per heavy atom. The number of halogens is 1. The molecule has 1 aliphatic rings. The molecule has 1 fully saturated rings. The van der Waals surface area contributed by atoms with Gasteiger partial charge in [-0.3, -0.25) is 4.90 Å². The Labute approximate surface area is 110 Å². The molecule has 94 valence electrons. The minimum absolute atomic E-state index is 0.330. The number of alkyl halides is 1. The second-order valence-corrected chi connectivity index (χ2v) is 5.97. The van der Waals surface area contributed by atoms with Gasteiger partial charge in [-0.15, -0.1) is 11.6 Å². The molecule has 1 aromatic rings. The van der Waals surface area contributed by atoms with Crippen molar-refractivity contribution in [3.63, 3.8) is 0 Å². The van der Waals surface area contributed by atoms with Gasteiger partial charge in [0.15, 0.2) is 0 Å². The van der Waals surface area contributed by atoms with E-state index in [1.165, 1.54) is 37.1 Å². The third-order valence-electron chi connectivity index (χ3n) is 3.81. The summed E-state index contributed by atoms with van der Waals surface area (Å²) in [4.78, 5) is 2.54. The van der Waals surface area contributed by atoms with Crippen molar-refractivity contribution in [2.45, 2.75) is 38.6 Å². The van der Waals surface area contributed by atoms with E-state index in [0.717, 1.165) is 6.54 Å². The van der Waals surface area contributed by atoms with E-state index in [0.29, 0.717) is 11.3 Å². The molecule has 2 rings (SSSR count). The van der Waals surface area contributed by atoms with Crippen molar-refractivity contribution in [1.29, 1.82) is 0 Å². The zero-order valence-corrected chi connectivity index (χ0v) is 11.6. The molecule has 0 spiro atoms. The highest BCUT2D eigenvalue weighted by molar-refractivity contribution is 6.20. The number of likely N-dealkylation sites (tertiary alicyclic amines) is 1. The van der Waals surface area contributed by atoms with Crippen LogP contribution in [0.2, 0.25) is 0 Å². The monoisotopic (exact) mass is 251 g/mol. The molecule has 0 amide bonds. The molecule has 1 heterocycles. The van der Waals surface area contributed by atoms with Crippen LogP contribution in [0, 0.1) is 12.8 Å². The maximum absolute atomic E-state index is 6.16. The van der Waals surface area contributed by atoms with Crippen LogP contribution in [0.3, 0.4) is 0 Å². The zero-order chi connectivity index (χ0) is 12.3. The molecule has 17 heavy (non-hydrogen) atoms. The van der Waals surface area contributed by atoms with Gasteiger partial charge in [-0.05, 0) is 51.3 Å². The quantitative estimate of drug-likeness (QED) is 0.738. The molecular weight excluding hydrogens is 230 g/mol. The lowest BCUT2D eigenvalue weighted by molar-refractivity contribution is 0.176. The number of hydrogen-bond donors (Lipinski definition) is 0. The molecular formula is C15H22ClN. The van der Waals surface area contributed by atoms with Crippen LogP contribution in [0.5, 0.6) is 0 Å². The van der Waals surface area contributed by atoms with E-state index >= 15 is 0 Å². The fraction of sp³-hybridized carbons (Fsp3) is 0.600. The van der Waals surface area contributed by atoms with Crippen LogP contribution in [-0.4, -0.2) is 23.4 Å². The van der Waals surface area contributed by atoms with Crippen molar-refractivity contribution in [2.24, 2.45) is 5.92 Å². The average molecular weight is 252 g/mol. The highest BCUT2D eigenvalue weighted by Gasteiger charge is 2.22. The SMILES string of the molecule is Cc1ccc(CN2CCC(C(C)Cl)CC2)cc1. The second-order valence-electron chi connectivity index (χ2n) is 5.28. The van der Waals surface area contributed by atoms with Crippen LogP contribution in [0.25, 0.3) is 0 Å². The summed E-state index contributed by atoms with van der Waals surface area (Å²) in [6, 6.07) is 8.88. The summed E-state index contributed by atoms with van der Waals surface area (Å²) >= 11 is 6.16. The third kappa shape index (κ3) is 3.72. The van der Waals surface area contributed by atoms with E-state index in [4.69, 9.17) is 11.6 Å². The predicted octanol–water partition coefficient (Wildman–Crippen LogP) is 3.83. The first-order valence-electron chi connectivity index (χ1n) is 6.57. The molecule has 1 atom stereocenters. The summed E-state index contributed by atoms with van der Waals surface area (Å²) in [5.74, 6) is 0.714. The first kappa shape index (κ1) is 12.9. The molecule has 1 saturated heterocycles. The summed E-state index contributed by atoms with van der Waals surface area (Å²) in [6.07, 6.45) is 2.49. The van der Waals surface area contributed by atoms with Gasteiger partial charge in [0.05, 0.1) is 0 Å². The normalized spacial score (nSPS) is 20.4. The highest BCUT2D eigenvalue weighted by atomic mass is 35.5. The van der Waals surface area contributed by atoms with E-state index in [1.54, 1.807) is 0 Å². The molecule has 0 radical (unpaired) electrons. The zero-order valence-electron chi connectivity index (χ0n) is 10.8. The summed E-state index contributed by atoms with van der Waals surface area (Å²) in [7, 11) is 0. The topological polar surface area (TPSA) is 3.24 Å². The van der Waals surface area contributed by atoms with Crippen LogP contribution < -0.4 is 0 Å². The molecule has 0 bridgehead atoms. The minimum atomic E-state index is 0.330. The molecule has 0 aromatic heterocycles. The van der Waals surface area contributed by atoms with Crippen LogP contribution >= 0.6 is 11.6 Å². The summed E-state index contributed by atoms with van der Waals surface area (Å²) in [5.41, 5.74) is 2.76. The highest BCUT2D eigenvalue weighted by Crippen LogP contribution is 2.24. The molecule has 0 aliphatic carbocycles. The van der Waals surface area contributed by atoms with Gasteiger partial charge >= 0.3 is 0 Å². The molecule has 1 unspecified atom stereocenters. The third-order valence-corrected chi connectivity index (χ3v) is 4.16. The Bertz CT molecular complexity index is 336. The van der Waals surface area contributed by atoms with Gasteiger partial charge in [-0.25, -0.2) is 0 Å². The minimum Gasteiger partial charge on any atom is -0.299 e. The van der Waals surface area contributed by atoms with Gasteiger partial charge in [-0.1, -0.05) is 29.8 Å². The molecule has 1 aromatic carbocycles. The van der Waals surface area contributed by atoms with Crippen molar-refractivity contribution in [3.8, 4) is 0 Å². The first-order chi connectivity index (χ1) is 8.15. The first-order valence-corrected chi connectivity index (χ1v) is 7.01. The Morgan fingerprint density at radius 3 is 2.35 bits per heavy atom. The second kappa shape index (κ2) is 5.88. The smallest absolute Gasteiger partial charge is 0.0337 e. The van der Waals surface area contributed by atoms with Crippen molar-refractivity contribution in [2.75, 3.05) is 13.1 Å². The van der Waals surface area contributed by atoms with Crippen LogP contribution in [0.1, 0.15) is 30.9 Å². The Morgan fingerprint density at radius 1 is 1.24 bits per heavy atom. The maximum atomic E-state index is 6.16. The summed E-state index contributed by atoms with van der Waals surface area (Å²) < 4.78 is 0. The maximum Gasteiger partial charge on any atom is 0.0337 e. The Balaban J connectivity index is 1.84. The fourth-order valence-corrected chi connectivity index (χ4v) is 2.77. The van der Waals surface area contributed by atoms with Crippen LogP contribution in [0.4, 0.5) is 0 Å². The summed E-state index contributed by atoms with van der Waals surface area (Å²) in [6.45, 7) is 7.73. The lowest BCUT2D eigenvalue weighted by Crippen LogP contribution is -2.35. The van der Waals surface area contributed by atoms with E-state index in [9.17, 15) is 0 Å². The summed E-state index contributed by atoms with van der Waals surface area (Å²) in [5, 5.41) is 0.330. The number of hydrogen-bond acceptors (Lipinski definition) is 1. The van der Waals surface area contributed by atoms with Gasteiger partial charge < -0.3 is 0 Å². The van der Waals surface area contributed by atoms with Crippen molar-refractivity contribution < 1.29 is 0 Å². The van der Waals surface area contributed by atoms with E-state index in [1.807, 2.05) is 0 Å². The van der Waals surface area contributed by atoms with Crippen molar-refractivity contribution in [1.82, 2.24) is 4.90 Å². The predicted molar refractivity (Wildman–Crippen MR) is 74.5 cm³/mol. The molecule has 0 saturated carbocycles. The Kier molecular flexibility index (Phi) is 4.47. The molecule has 2 heteroatoms. The average Bonchev–Trinajstić information content (AvgIpc) is 2.33. The molecule has 1 nitrogen and oxygen atoms in total. The molecule has 0 N–H and O–H groups in total. The van der Waals surface area contributed by atoms with Gasteiger partial charge in [0.1, 0.15) is 0 Å². The van der Waals surface area contributed by atoms with Gasteiger partial charge in [0, 0.05) is 11.9 Å². The lowest BCUT2D eigenvalue weighted by atomic mass is 9.94. The number of rotatable bonds is 3. The Hall–Kier alpha value is -0.530. The lowest BCUT2D eigenvalue weighted by Gasteiger charge is -2.33. The van der Waals surface area contributed by atoms with Crippen molar-refractivity contribution >= 4 is 11.6 Å². The fourth-order valence-electron chi connectivity index (χ4n) is 2.52. The number of nitrogens with zero attached hydrogens (tertiary/aromatic N) is 1. The largest absolute Gasteiger partial charge is 0.299 e. The van der Waals surface area contributed by atoms with Gasteiger partial charge in [-0.2, -0.15) is 0 Å². The van der Waals surface area contributed by atoms with Crippen molar-refractivity contribution in [3.05, 3.63) is 35.4 Å². The number of piperidine rings is 1. The van der Waals surface area contributed by atoms with Gasteiger partial charge in [0.25, 0.3) is 0 Å². The standard InChI is InChI=1S/C15H22ClN/c1-12-3-5-14(6-4-12)11-17-9-7-15(8-10-17)13(2)16/h3-6,13,15H,7-11H2,1-2H3. The van der Waals surface area contributed by atoms with E-state index in [2.05, 4.69) is 43.0 Å². The van der Waals surface area contributed by atoms with E-state index < -0.39 is 0 Å². The number of benzene rings is 1. The van der Waals surface area contributed by atoms with Gasteiger partial charge in [0.2, 0.25) is 0 Å². The molecule has 1 aliphatic heterocycles.